The van der Waals surface area contributed by atoms with Crippen LogP contribution in [0.5, 0.6) is 11.5 Å². The number of nitrogens with one attached hydrogen (secondary N) is 1. The van der Waals surface area contributed by atoms with Crippen LogP contribution in [0, 0.1) is 17.6 Å². The molecule has 0 aliphatic carbocycles. The van der Waals surface area contributed by atoms with Crippen LogP contribution in [0.3, 0.4) is 0 Å². The molecular weight excluding hydrogens is 454 g/mol. The predicted molar refractivity (Wildman–Crippen MR) is 126 cm³/mol. The fraction of sp³-hybridized carbons (Fsp3) is 0.259. The summed E-state index contributed by atoms with van der Waals surface area (Å²) in [5.41, 5.74) is 1.85. The van der Waals surface area contributed by atoms with Gasteiger partial charge in [0.2, 0.25) is 5.91 Å². The van der Waals surface area contributed by atoms with Crippen molar-refractivity contribution in [2.45, 2.75) is 12.5 Å². The van der Waals surface area contributed by atoms with E-state index in [2.05, 4.69) is 5.32 Å². The van der Waals surface area contributed by atoms with Crippen LogP contribution in [0.1, 0.15) is 27.4 Å². The minimum atomic E-state index is -0.569. The Balaban J connectivity index is 1.61. The zero-order valence-corrected chi connectivity index (χ0v) is 19.5. The lowest BCUT2D eigenvalue weighted by atomic mass is 9.87. The zero-order valence-electron chi connectivity index (χ0n) is 19.5. The number of ether oxygens (including phenoxy) is 2. The summed E-state index contributed by atoms with van der Waals surface area (Å²) in [7, 11) is 3.06. The van der Waals surface area contributed by atoms with Crippen LogP contribution >= 0.6 is 0 Å². The molecule has 0 spiro atoms. The molecule has 0 radical (unpaired) electrons. The Morgan fingerprint density at radius 3 is 2.20 bits per heavy atom. The molecule has 0 bridgehead atoms. The zero-order chi connectivity index (χ0) is 24.9. The Bertz CT molecular complexity index is 1200. The second kappa shape index (κ2) is 10.5. The molecule has 6 nitrogen and oxygen atoms in total. The first-order valence-electron chi connectivity index (χ1n) is 11.2. The number of hydrogen-bond acceptors (Lipinski definition) is 4. The van der Waals surface area contributed by atoms with Crippen molar-refractivity contribution < 1.29 is 27.8 Å². The Hall–Kier alpha value is -3.94. The first-order chi connectivity index (χ1) is 16.9. The van der Waals surface area contributed by atoms with Gasteiger partial charge in [0.25, 0.3) is 5.91 Å². The summed E-state index contributed by atoms with van der Waals surface area (Å²) in [6.45, 7) is 0.675. The molecule has 1 fully saturated rings. The maximum absolute atomic E-state index is 13.4. The second-order valence-corrected chi connectivity index (χ2v) is 8.36. The van der Waals surface area contributed by atoms with Gasteiger partial charge >= 0.3 is 0 Å². The summed E-state index contributed by atoms with van der Waals surface area (Å²) in [5.74, 6) is -1.20. The highest BCUT2D eigenvalue weighted by Crippen LogP contribution is 2.42. The first kappa shape index (κ1) is 24.2. The van der Waals surface area contributed by atoms with Crippen molar-refractivity contribution >= 4 is 11.8 Å². The Morgan fingerprint density at radius 2 is 1.57 bits per heavy atom. The van der Waals surface area contributed by atoms with Gasteiger partial charge in [0.1, 0.15) is 11.6 Å². The third-order valence-corrected chi connectivity index (χ3v) is 6.25. The maximum atomic E-state index is 13.4. The molecule has 3 aromatic carbocycles. The summed E-state index contributed by atoms with van der Waals surface area (Å²) >= 11 is 0. The summed E-state index contributed by atoms with van der Waals surface area (Å²) in [5, 5.41) is 2.91. The quantitative estimate of drug-likeness (QED) is 0.552. The van der Waals surface area contributed by atoms with Crippen LogP contribution in [0.25, 0.3) is 0 Å². The van der Waals surface area contributed by atoms with Crippen molar-refractivity contribution in [2.24, 2.45) is 5.92 Å². The number of halogens is 2. The minimum absolute atomic E-state index is 0.177. The average molecular weight is 481 g/mol. The number of nitrogens with zero attached hydrogens (tertiary/aromatic N) is 1. The maximum Gasteiger partial charge on any atom is 0.253 e. The number of para-hydroxylation sites is 1. The van der Waals surface area contributed by atoms with Gasteiger partial charge in [-0.2, -0.15) is 0 Å². The number of amides is 2. The van der Waals surface area contributed by atoms with E-state index in [1.807, 2.05) is 12.1 Å². The van der Waals surface area contributed by atoms with Crippen molar-refractivity contribution in [3.8, 4) is 11.5 Å². The van der Waals surface area contributed by atoms with Gasteiger partial charge in [0, 0.05) is 36.7 Å². The SMILES string of the molecule is COc1cccc([C@H]2CN(C(=O)c3ccc(F)cc3)C[C@@H]2C(=O)NCc2ccc(F)cc2)c1OC. The standard InChI is InChI=1S/C27H26F2N2O4/c1-34-24-5-3-4-21(25(24)35-2)22-15-31(27(33)18-8-12-20(29)13-9-18)16-23(22)26(32)30-14-17-6-10-19(28)11-7-17/h3-13,22-23H,14-16H2,1-2H3,(H,30,32)/t22-,23+/m1/s1. The van der Waals surface area contributed by atoms with Gasteiger partial charge in [-0.15, -0.1) is 0 Å². The number of hydrogen-bond donors (Lipinski definition) is 1. The predicted octanol–water partition coefficient (Wildman–Crippen LogP) is 4.15. The molecule has 1 aliphatic rings. The third kappa shape index (κ3) is 5.26. The smallest absolute Gasteiger partial charge is 0.253 e. The molecule has 3 aromatic rings. The second-order valence-electron chi connectivity index (χ2n) is 8.36. The van der Waals surface area contributed by atoms with E-state index in [0.29, 0.717) is 17.1 Å². The number of benzene rings is 3. The molecule has 0 unspecified atom stereocenters. The summed E-state index contributed by atoms with van der Waals surface area (Å²) in [4.78, 5) is 28.1. The van der Waals surface area contributed by atoms with E-state index in [9.17, 15) is 18.4 Å². The van der Waals surface area contributed by atoms with Crippen molar-refractivity contribution in [1.29, 1.82) is 0 Å². The number of methoxy groups -OCH3 is 2. The van der Waals surface area contributed by atoms with Gasteiger partial charge in [0.05, 0.1) is 20.1 Å². The number of likely N-dealkylation sites (tertiary alicyclic amines) is 1. The van der Waals surface area contributed by atoms with E-state index in [1.54, 1.807) is 23.1 Å². The lowest BCUT2D eigenvalue weighted by Gasteiger charge is -2.21. The Morgan fingerprint density at radius 1 is 0.914 bits per heavy atom. The fourth-order valence-corrected chi connectivity index (χ4v) is 4.45. The molecule has 8 heteroatoms. The van der Waals surface area contributed by atoms with Gasteiger partial charge in [-0.3, -0.25) is 9.59 Å². The summed E-state index contributed by atoms with van der Waals surface area (Å²) in [6, 6.07) is 16.7. The molecule has 1 N–H and O–H groups in total. The number of carbonyl (C=O) groups is 2. The van der Waals surface area contributed by atoms with Crippen LogP contribution < -0.4 is 14.8 Å². The summed E-state index contributed by atoms with van der Waals surface area (Å²) < 4.78 is 37.6. The van der Waals surface area contributed by atoms with Crippen LogP contribution in [0.4, 0.5) is 8.78 Å². The molecule has 182 valence electrons. The highest BCUT2D eigenvalue weighted by Gasteiger charge is 2.42. The highest BCUT2D eigenvalue weighted by molar-refractivity contribution is 5.95. The van der Waals surface area contributed by atoms with Crippen LogP contribution in [0.15, 0.2) is 66.7 Å². The molecule has 2 amide bonds. The van der Waals surface area contributed by atoms with E-state index in [1.165, 1.54) is 50.6 Å². The van der Waals surface area contributed by atoms with Gasteiger partial charge < -0.3 is 19.7 Å². The molecule has 0 saturated carbocycles. The average Bonchev–Trinajstić information content (AvgIpc) is 3.33. The first-order valence-corrected chi connectivity index (χ1v) is 11.2. The molecule has 1 saturated heterocycles. The Labute approximate surface area is 202 Å². The van der Waals surface area contributed by atoms with Gasteiger partial charge in [-0.05, 0) is 48.0 Å². The van der Waals surface area contributed by atoms with Crippen molar-refractivity contribution in [3.63, 3.8) is 0 Å². The fourth-order valence-electron chi connectivity index (χ4n) is 4.45. The molecule has 35 heavy (non-hydrogen) atoms. The lowest BCUT2D eigenvalue weighted by molar-refractivity contribution is -0.125. The lowest BCUT2D eigenvalue weighted by Crippen LogP contribution is -2.35. The molecule has 1 aliphatic heterocycles. The third-order valence-electron chi connectivity index (χ3n) is 6.25. The molecule has 0 aromatic heterocycles. The number of rotatable bonds is 7. The molecule has 4 rings (SSSR count). The largest absolute Gasteiger partial charge is 0.493 e. The molecule has 2 atom stereocenters. The van der Waals surface area contributed by atoms with E-state index < -0.39 is 11.7 Å². The van der Waals surface area contributed by atoms with E-state index >= 15 is 0 Å². The van der Waals surface area contributed by atoms with Crippen molar-refractivity contribution in [3.05, 3.63) is 95.1 Å². The topological polar surface area (TPSA) is 67.9 Å². The monoisotopic (exact) mass is 480 g/mol. The van der Waals surface area contributed by atoms with Crippen LogP contribution in [-0.2, 0) is 11.3 Å². The Kier molecular flexibility index (Phi) is 7.29. The van der Waals surface area contributed by atoms with E-state index in [0.717, 1.165) is 11.1 Å². The minimum Gasteiger partial charge on any atom is -0.493 e. The number of carbonyl (C=O) groups excluding carboxylic acids is 2. The van der Waals surface area contributed by atoms with Crippen molar-refractivity contribution in [2.75, 3.05) is 27.3 Å². The van der Waals surface area contributed by atoms with Gasteiger partial charge in [-0.25, -0.2) is 8.78 Å². The van der Waals surface area contributed by atoms with Crippen LogP contribution in [-0.4, -0.2) is 44.0 Å². The van der Waals surface area contributed by atoms with E-state index in [-0.39, 0.29) is 43.2 Å². The van der Waals surface area contributed by atoms with Crippen LogP contribution in [0.2, 0.25) is 0 Å². The van der Waals surface area contributed by atoms with E-state index in [4.69, 9.17) is 9.47 Å². The summed E-state index contributed by atoms with van der Waals surface area (Å²) in [6.07, 6.45) is 0. The molecule has 1 heterocycles. The van der Waals surface area contributed by atoms with Gasteiger partial charge in [-0.1, -0.05) is 24.3 Å². The highest BCUT2D eigenvalue weighted by atomic mass is 19.1. The van der Waals surface area contributed by atoms with Gasteiger partial charge in [0.15, 0.2) is 11.5 Å². The normalized spacial score (nSPS) is 17.2. The molecular formula is C27H26F2N2O4. The van der Waals surface area contributed by atoms with Crippen molar-refractivity contribution in [1.82, 2.24) is 10.2 Å².